The van der Waals surface area contributed by atoms with Gasteiger partial charge in [0.25, 0.3) is 5.91 Å². The summed E-state index contributed by atoms with van der Waals surface area (Å²) >= 11 is 1.26. The van der Waals surface area contributed by atoms with Gasteiger partial charge in [-0.15, -0.1) is 11.8 Å². The van der Waals surface area contributed by atoms with Crippen molar-refractivity contribution in [3.63, 3.8) is 0 Å². The highest BCUT2D eigenvalue weighted by atomic mass is 32.2. The van der Waals surface area contributed by atoms with Crippen molar-refractivity contribution in [1.29, 1.82) is 0 Å². The molecule has 46 heavy (non-hydrogen) atoms. The summed E-state index contributed by atoms with van der Waals surface area (Å²) in [5.74, 6) is -2.99. The fourth-order valence-corrected chi connectivity index (χ4v) is 6.11. The Bertz CT molecular complexity index is 1550. The Morgan fingerprint density at radius 1 is 0.935 bits per heavy atom. The van der Waals surface area contributed by atoms with Gasteiger partial charge in [-0.3, -0.25) is 14.4 Å². The predicted molar refractivity (Wildman–Crippen MR) is 168 cm³/mol. The second-order valence-corrected chi connectivity index (χ2v) is 13.0. The summed E-state index contributed by atoms with van der Waals surface area (Å²) in [6.45, 7) is 4.19. The summed E-state index contributed by atoms with van der Waals surface area (Å²) in [6, 6.07) is 16.2. The molecule has 1 aliphatic heterocycles. The number of halogens is 2. The molecule has 10 nitrogen and oxygen atoms in total. The average Bonchev–Trinajstić information content (AvgIpc) is 3.01. The second-order valence-electron chi connectivity index (χ2n) is 11.8. The lowest BCUT2D eigenvalue weighted by molar-refractivity contribution is -0.144. The number of carbonyl (C=O) groups excluding carboxylic acids is 3. The molecule has 4 N–H and O–H groups in total. The van der Waals surface area contributed by atoms with Crippen molar-refractivity contribution in [2.75, 3.05) is 23.8 Å². The Morgan fingerprint density at radius 3 is 2.09 bits per heavy atom. The molecule has 0 aliphatic carbocycles. The minimum atomic E-state index is -1.18. The Balaban J connectivity index is 1.37. The van der Waals surface area contributed by atoms with Gasteiger partial charge in [0, 0.05) is 11.4 Å². The van der Waals surface area contributed by atoms with Gasteiger partial charge in [0.05, 0.1) is 18.7 Å². The number of rotatable bonds is 13. The number of hydrogen-bond donors (Lipinski definition) is 4. The monoisotopic (exact) mass is 655 g/mol. The molecular formula is C33H35F2N3O7S. The topological polar surface area (TPSA) is 145 Å². The number of carbonyl (C=O) groups is 4. The van der Waals surface area contributed by atoms with E-state index in [4.69, 9.17) is 4.74 Å². The summed E-state index contributed by atoms with van der Waals surface area (Å²) in [6.07, 6.45) is -0.927. The number of aliphatic hydroxyl groups is 1. The number of carboxylic acid groups (broad SMARTS) is 1. The molecule has 1 aliphatic rings. The molecule has 4 rings (SSSR count). The van der Waals surface area contributed by atoms with Crippen molar-refractivity contribution in [3.05, 3.63) is 95.6 Å². The van der Waals surface area contributed by atoms with Crippen LogP contribution >= 0.6 is 11.8 Å². The second kappa shape index (κ2) is 14.7. The molecule has 0 unspecified atom stereocenters. The molecular weight excluding hydrogens is 620 g/mol. The highest BCUT2D eigenvalue weighted by Gasteiger charge is 2.49. The lowest BCUT2D eigenvalue weighted by atomic mass is 9.87. The normalized spacial score (nSPS) is 17.4. The number of thioether (sulfide) groups is 1. The van der Waals surface area contributed by atoms with Crippen LogP contribution in [0.2, 0.25) is 0 Å². The van der Waals surface area contributed by atoms with Gasteiger partial charge in [0.1, 0.15) is 28.7 Å². The standard InChI is InChI=1S/C33H35F2N3O7S/c1-33(2,3)30(32(43)44)37-26(40)16-36-27(41)17-45-24-14-6-20(7-15-24)28-29(31(42)38(28)23-12-10-22(35)11-13-23)46-18-25(39)19-4-8-21(34)9-5-19/h4-15,25,28-30,39H,16-18H2,1-3H3,(H,36,41)(H,37,40)(H,43,44)/t25-,28+,29+,30-/m0/s1. The van der Waals surface area contributed by atoms with E-state index in [0.717, 1.165) is 5.56 Å². The summed E-state index contributed by atoms with van der Waals surface area (Å²) in [7, 11) is 0. The Kier molecular flexibility index (Phi) is 11.0. The summed E-state index contributed by atoms with van der Waals surface area (Å²) in [5.41, 5.74) is 1.03. The number of ether oxygens (including phenoxy) is 1. The maximum atomic E-state index is 13.6. The average molecular weight is 656 g/mol. The first-order valence-corrected chi connectivity index (χ1v) is 15.4. The van der Waals surface area contributed by atoms with E-state index in [0.29, 0.717) is 17.0 Å². The number of amides is 3. The zero-order valence-corrected chi connectivity index (χ0v) is 26.2. The minimum absolute atomic E-state index is 0.178. The number of aliphatic hydroxyl groups excluding tert-OH is 1. The van der Waals surface area contributed by atoms with Crippen molar-refractivity contribution in [1.82, 2.24) is 10.6 Å². The first kappa shape index (κ1) is 34.4. The van der Waals surface area contributed by atoms with Crippen LogP contribution in [0.5, 0.6) is 5.75 Å². The van der Waals surface area contributed by atoms with Crippen molar-refractivity contribution >= 4 is 41.1 Å². The Morgan fingerprint density at radius 2 is 1.52 bits per heavy atom. The molecule has 4 atom stereocenters. The first-order valence-electron chi connectivity index (χ1n) is 14.4. The first-order chi connectivity index (χ1) is 21.7. The van der Waals surface area contributed by atoms with Crippen LogP contribution in [0.3, 0.4) is 0 Å². The van der Waals surface area contributed by atoms with E-state index < -0.39 is 71.4 Å². The number of nitrogens with zero attached hydrogens (tertiary/aromatic N) is 1. The molecule has 13 heteroatoms. The lowest BCUT2D eigenvalue weighted by Gasteiger charge is -2.47. The number of carboxylic acids is 1. The number of aliphatic carboxylic acids is 1. The fraction of sp³-hybridized carbons (Fsp3) is 0.333. The molecule has 0 bridgehead atoms. The van der Waals surface area contributed by atoms with Crippen LogP contribution in [-0.4, -0.2) is 64.1 Å². The summed E-state index contributed by atoms with van der Waals surface area (Å²) in [4.78, 5) is 50.7. The largest absolute Gasteiger partial charge is 0.484 e. The summed E-state index contributed by atoms with van der Waals surface area (Å²) in [5, 5.41) is 24.2. The van der Waals surface area contributed by atoms with Gasteiger partial charge in [0.2, 0.25) is 11.8 Å². The predicted octanol–water partition coefficient (Wildman–Crippen LogP) is 4.00. The van der Waals surface area contributed by atoms with E-state index in [-0.39, 0.29) is 11.7 Å². The zero-order chi connectivity index (χ0) is 33.6. The minimum Gasteiger partial charge on any atom is -0.484 e. The van der Waals surface area contributed by atoms with E-state index >= 15 is 0 Å². The number of hydrogen-bond acceptors (Lipinski definition) is 7. The fourth-order valence-electron chi connectivity index (χ4n) is 4.81. The lowest BCUT2D eigenvalue weighted by Crippen LogP contribution is -2.57. The molecule has 3 amide bonds. The van der Waals surface area contributed by atoms with E-state index in [9.17, 15) is 38.2 Å². The third-order valence-electron chi connectivity index (χ3n) is 7.29. The van der Waals surface area contributed by atoms with Crippen LogP contribution in [0, 0.1) is 17.0 Å². The third kappa shape index (κ3) is 8.61. The molecule has 1 fully saturated rings. The number of anilines is 1. The number of β-lactam (4-membered cyclic amide) rings is 1. The van der Waals surface area contributed by atoms with Crippen molar-refractivity contribution < 1.29 is 42.9 Å². The van der Waals surface area contributed by atoms with Gasteiger partial charge in [0.15, 0.2) is 6.61 Å². The van der Waals surface area contributed by atoms with E-state index in [1.807, 2.05) is 0 Å². The van der Waals surface area contributed by atoms with Gasteiger partial charge in [-0.2, -0.15) is 0 Å². The molecule has 1 saturated heterocycles. The highest BCUT2D eigenvalue weighted by molar-refractivity contribution is 8.00. The molecule has 1 heterocycles. The van der Waals surface area contributed by atoms with Crippen molar-refractivity contribution in [3.8, 4) is 5.75 Å². The molecule has 0 radical (unpaired) electrons. The van der Waals surface area contributed by atoms with Crippen LogP contribution in [0.15, 0.2) is 72.8 Å². The van der Waals surface area contributed by atoms with Crippen molar-refractivity contribution in [2.24, 2.45) is 5.41 Å². The smallest absolute Gasteiger partial charge is 0.326 e. The van der Waals surface area contributed by atoms with Gasteiger partial charge < -0.3 is 30.5 Å². The molecule has 3 aromatic rings. The molecule has 244 valence electrons. The Labute approximate surface area is 269 Å². The van der Waals surface area contributed by atoms with Gasteiger partial charge in [-0.1, -0.05) is 45.0 Å². The van der Waals surface area contributed by atoms with Crippen molar-refractivity contribution in [2.45, 2.75) is 44.2 Å². The van der Waals surface area contributed by atoms with Crippen LogP contribution < -0.4 is 20.3 Å². The van der Waals surface area contributed by atoms with Crippen LogP contribution in [-0.2, 0) is 19.2 Å². The maximum Gasteiger partial charge on any atom is 0.326 e. The third-order valence-corrected chi connectivity index (χ3v) is 8.62. The van der Waals surface area contributed by atoms with E-state index in [2.05, 4.69) is 10.6 Å². The van der Waals surface area contributed by atoms with E-state index in [1.54, 1.807) is 49.9 Å². The highest BCUT2D eigenvalue weighted by Crippen LogP contribution is 2.46. The molecule has 0 saturated carbocycles. The van der Waals surface area contributed by atoms with Gasteiger partial charge in [-0.25, -0.2) is 13.6 Å². The van der Waals surface area contributed by atoms with E-state index in [1.165, 1.54) is 60.3 Å². The van der Waals surface area contributed by atoms with Gasteiger partial charge >= 0.3 is 5.97 Å². The van der Waals surface area contributed by atoms with Crippen LogP contribution in [0.1, 0.15) is 44.0 Å². The zero-order valence-electron chi connectivity index (χ0n) is 25.4. The molecule has 3 aromatic carbocycles. The SMILES string of the molecule is CC(C)(C)[C@@H](NC(=O)CNC(=O)COc1ccc([C@@H]2[C@@H](SC[C@H](O)c3ccc(F)cc3)C(=O)N2c2ccc(F)cc2)cc1)C(=O)O. The number of benzene rings is 3. The summed E-state index contributed by atoms with van der Waals surface area (Å²) < 4.78 is 32.4. The Hall–Kier alpha value is -4.49. The number of nitrogens with one attached hydrogen (secondary N) is 2. The quantitative estimate of drug-likeness (QED) is 0.202. The maximum absolute atomic E-state index is 13.6. The van der Waals surface area contributed by atoms with Crippen LogP contribution in [0.4, 0.5) is 14.5 Å². The van der Waals surface area contributed by atoms with Crippen LogP contribution in [0.25, 0.3) is 0 Å². The van der Waals surface area contributed by atoms with Gasteiger partial charge in [-0.05, 0) is 65.1 Å². The molecule has 0 aromatic heterocycles. The molecule has 0 spiro atoms.